The van der Waals surface area contributed by atoms with Crippen LogP contribution in [0, 0.1) is 5.41 Å². The van der Waals surface area contributed by atoms with E-state index in [4.69, 9.17) is 4.74 Å². The topological polar surface area (TPSA) is 63.7 Å². The average Bonchev–Trinajstić information content (AvgIpc) is 2.79. The standard InChI is InChI=1S/C26H31NO4/c1-3-31-25(30)26(16-7-11-21-9-5-4-6-10-21)17-8-18-27(19-26)24(29)23-14-12-22(13-15-23)20(2)28/h4-6,9-10,12-15H,3,7-8,11,16-19H2,1-2H3/t26-/m0/s1. The van der Waals surface area contributed by atoms with Gasteiger partial charge in [0.1, 0.15) is 0 Å². The molecule has 3 rings (SSSR count). The third-order valence-corrected chi connectivity index (χ3v) is 6.07. The zero-order chi connectivity index (χ0) is 22.3. The maximum absolute atomic E-state index is 13.1. The van der Waals surface area contributed by atoms with Gasteiger partial charge < -0.3 is 9.64 Å². The normalized spacial score (nSPS) is 18.5. The van der Waals surface area contributed by atoms with Crippen LogP contribution >= 0.6 is 0 Å². The summed E-state index contributed by atoms with van der Waals surface area (Å²) in [5.74, 6) is -0.337. The molecule has 2 aromatic rings. The second kappa shape index (κ2) is 10.4. The Labute approximate surface area is 184 Å². The van der Waals surface area contributed by atoms with Crippen LogP contribution in [0.1, 0.15) is 65.8 Å². The maximum Gasteiger partial charge on any atom is 0.313 e. The molecule has 0 aromatic heterocycles. The number of hydrogen-bond donors (Lipinski definition) is 0. The van der Waals surface area contributed by atoms with E-state index in [1.165, 1.54) is 12.5 Å². The van der Waals surface area contributed by atoms with Crippen molar-refractivity contribution in [2.75, 3.05) is 19.7 Å². The molecule has 0 radical (unpaired) electrons. The smallest absolute Gasteiger partial charge is 0.313 e. The number of ketones is 1. The van der Waals surface area contributed by atoms with Gasteiger partial charge in [-0.15, -0.1) is 0 Å². The summed E-state index contributed by atoms with van der Waals surface area (Å²) in [7, 11) is 0. The Hall–Kier alpha value is -2.95. The largest absolute Gasteiger partial charge is 0.466 e. The van der Waals surface area contributed by atoms with Crippen LogP contribution in [0.2, 0.25) is 0 Å². The molecule has 31 heavy (non-hydrogen) atoms. The SMILES string of the molecule is CCOC(=O)[C@@]1(CCCc2ccccc2)CCCN(C(=O)c2ccc(C(C)=O)cc2)C1. The molecule has 1 aliphatic rings. The fourth-order valence-electron chi connectivity index (χ4n) is 4.37. The lowest BCUT2D eigenvalue weighted by molar-refractivity contribution is -0.159. The number of benzene rings is 2. The summed E-state index contributed by atoms with van der Waals surface area (Å²) < 4.78 is 5.45. The van der Waals surface area contributed by atoms with E-state index in [9.17, 15) is 14.4 Å². The Kier molecular flexibility index (Phi) is 7.61. The van der Waals surface area contributed by atoms with Gasteiger partial charge in [0.15, 0.2) is 5.78 Å². The fourth-order valence-corrected chi connectivity index (χ4v) is 4.37. The van der Waals surface area contributed by atoms with Gasteiger partial charge in [-0.05, 0) is 63.6 Å². The third-order valence-electron chi connectivity index (χ3n) is 6.07. The summed E-state index contributed by atoms with van der Waals surface area (Å²) in [4.78, 5) is 39.4. The molecule has 5 heteroatoms. The summed E-state index contributed by atoms with van der Waals surface area (Å²) >= 11 is 0. The van der Waals surface area contributed by atoms with E-state index >= 15 is 0 Å². The number of aryl methyl sites for hydroxylation is 1. The molecule has 0 N–H and O–H groups in total. The van der Waals surface area contributed by atoms with E-state index in [2.05, 4.69) is 12.1 Å². The molecule has 5 nitrogen and oxygen atoms in total. The minimum absolute atomic E-state index is 0.0308. The molecular weight excluding hydrogens is 390 g/mol. The lowest BCUT2D eigenvalue weighted by atomic mass is 9.75. The van der Waals surface area contributed by atoms with Crippen LogP contribution in [0.15, 0.2) is 54.6 Å². The molecule has 2 aromatic carbocycles. The number of esters is 1. The van der Waals surface area contributed by atoms with Crippen LogP contribution in [0.4, 0.5) is 0 Å². The lowest BCUT2D eigenvalue weighted by Gasteiger charge is -2.41. The molecule has 0 saturated carbocycles. The van der Waals surface area contributed by atoms with Gasteiger partial charge in [0, 0.05) is 24.2 Å². The zero-order valence-corrected chi connectivity index (χ0v) is 18.4. The minimum Gasteiger partial charge on any atom is -0.466 e. The van der Waals surface area contributed by atoms with Gasteiger partial charge in [-0.2, -0.15) is 0 Å². The van der Waals surface area contributed by atoms with Gasteiger partial charge in [-0.25, -0.2) is 0 Å². The van der Waals surface area contributed by atoms with Crippen LogP contribution in [0.5, 0.6) is 0 Å². The van der Waals surface area contributed by atoms with Crippen molar-refractivity contribution in [1.82, 2.24) is 4.90 Å². The highest BCUT2D eigenvalue weighted by molar-refractivity contribution is 5.98. The highest BCUT2D eigenvalue weighted by Gasteiger charge is 2.44. The van der Waals surface area contributed by atoms with E-state index in [1.54, 1.807) is 29.2 Å². The second-order valence-electron chi connectivity index (χ2n) is 8.30. The Balaban J connectivity index is 1.73. The molecule has 1 atom stereocenters. The fraction of sp³-hybridized carbons (Fsp3) is 0.423. The van der Waals surface area contributed by atoms with Crippen LogP contribution in [-0.4, -0.2) is 42.3 Å². The van der Waals surface area contributed by atoms with E-state index in [-0.39, 0.29) is 17.7 Å². The predicted octanol–water partition coefficient (Wildman–Crippen LogP) is 4.70. The predicted molar refractivity (Wildman–Crippen MR) is 120 cm³/mol. The molecule has 1 aliphatic heterocycles. The van der Waals surface area contributed by atoms with Crippen LogP contribution in [-0.2, 0) is 16.0 Å². The molecular formula is C26H31NO4. The van der Waals surface area contributed by atoms with Crippen molar-refractivity contribution in [2.24, 2.45) is 5.41 Å². The number of Topliss-reactive ketones (excluding diaryl/α,β-unsaturated/α-hetero) is 1. The molecule has 1 fully saturated rings. The second-order valence-corrected chi connectivity index (χ2v) is 8.30. The number of carbonyl (C=O) groups excluding carboxylic acids is 3. The quantitative estimate of drug-likeness (QED) is 0.458. The number of rotatable bonds is 8. The van der Waals surface area contributed by atoms with E-state index < -0.39 is 5.41 Å². The van der Waals surface area contributed by atoms with Crippen molar-refractivity contribution in [3.05, 3.63) is 71.3 Å². The number of nitrogens with zero attached hydrogens (tertiary/aromatic N) is 1. The molecule has 0 spiro atoms. The van der Waals surface area contributed by atoms with Gasteiger partial charge in [-0.1, -0.05) is 42.5 Å². The number of hydrogen-bond acceptors (Lipinski definition) is 4. The van der Waals surface area contributed by atoms with E-state index in [0.29, 0.717) is 37.2 Å². The van der Waals surface area contributed by atoms with Gasteiger partial charge >= 0.3 is 5.97 Å². The lowest BCUT2D eigenvalue weighted by Crippen LogP contribution is -2.50. The molecule has 1 amide bonds. The summed E-state index contributed by atoms with van der Waals surface area (Å²) in [6, 6.07) is 17.0. The number of likely N-dealkylation sites (tertiary alicyclic amines) is 1. The monoisotopic (exact) mass is 421 g/mol. The number of piperidine rings is 1. The maximum atomic E-state index is 13.1. The molecule has 1 saturated heterocycles. The van der Waals surface area contributed by atoms with Crippen molar-refractivity contribution in [1.29, 1.82) is 0 Å². The third kappa shape index (κ3) is 5.60. The van der Waals surface area contributed by atoms with Crippen molar-refractivity contribution in [2.45, 2.75) is 46.0 Å². The first-order valence-corrected chi connectivity index (χ1v) is 11.1. The molecule has 1 heterocycles. The first-order chi connectivity index (χ1) is 14.9. The van der Waals surface area contributed by atoms with E-state index in [0.717, 1.165) is 25.7 Å². The first kappa shape index (κ1) is 22.7. The van der Waals surface area contributed by atoms with Gasteiger partial charge in [0.25, 0.3) is 5.91 Å². The number of carbonyl (C=O) groups is 3. The van der Waals surface area contributed by atoms with Gasteiger partial charge in [0.2, 0.25) is 0 Å². The molecule has 0 bridgehead atoms. The Morgan fingerprint density at radius 2 is 1.68 bits per heavy atom. The Morgan fingerprint density at radius 1 is 1.00 bits per heavy atom. The summed E-state index contributed by atoms with van der Waals surface area (Å²) in [6.07, 6.45) is 3.93. The van der Waals surface area contributed by atoms with Crippen LogP contribution < -0.4 is 0 Å². The van der Waals surface area contributed by atoms with Crippen molar-refractivity contribution in [3.63, 3.8) is 0 Å². The van der Waals surface area contributed by atoms with E-state index in [1.807, 2.05) is 25.1 Å². The number of amides is 1. The van der Waals surface area contributed by atoms with Gasteiger partial charge in [0.05, 0.1) is 12.0 Å². The summed E-state index contributed by atoms with van der Waals surface area (Å²) in [6.45, 7) is 4.64. The van der Waals surface area contributed by atoms with Crippen LogP contribution in [0.3, 0.4) is 0 Å². The highest BCUT2D eigenvalue weighted by atomic mass is 16.5. The van der Waals surface area contributed by atoms with Crippen LogP contribution in [0.25, 0.3) is 0 Å². The summed E-state index contributed by atoms with van der Waals surface area (Å²) in [5, 5.41) is 0. The molecule has 0 unspecified atom stereocenters. The average molecular weight is 422 g/mol. The summed E-state index contributed by atoms with van der Waals surface area (Å²) in [5.41, 5.74) is 1.69. The minimum atomic E-state index is -0.669. The van der Waals surface area contributed by atoms with Crippen molar-refractivity contribution >= 4 is 17.7 Å². The highest BCUT2D eigenvalue weighted by Crippen LogP contribution is 2.37. The molecule has 164 valence electrons. The Morgan fingerprint density at radius 3 is 2.32 bits per heavy atom. The Bertz CT molecular complexity index is 907. The zero-order valence-electron chi connectivity index (χ0n) is 18.4. The first-order valence-electron chi connectivity index (χ1n) is 11.1. The van der Waals surface area contributed by atoms with Crippen molar-refractivity contribution in [3.8, 4) is 0 Å². The van der Waals surface area contributed by atoms with Crippen molar-refractivity contribution < 1.29 is 19.1 Å². The number of ether oxygens (including phenoxy) is 1. The van der Waals surface area contributed by atoms with Gasteiger partial charge in [-0.3, -0.25) is 14.4 Å². The molecule has 0 aliphatic carbocycles.